The number of ketones is 1. The molecule has 2 aromatic rings. The molecule has 5 nitrogen and oxygen atoms in total. The van der Waals surface area contributed by atoms with E-state index >= 15 is 0 Å². The summed E-state index contributed by atoms with van der Waals surface area (Å²) in [7, 11) is 0. The molecule has 0 saturated carbocycles. The number of benzene rings is 1. The van der Waals surface area contributed by atoms with Gasteiger partial charge in [0.15, 0.2) is 5.78 Å². The zero-order valence-corrected chi connectivity index (χ0v) is 12.6. The van der Waals surface area contributed by atoms with Crippen LogP contribution in [-0.4, -0.2) is 17.4 Å². The molecule has 0 fully saturated rings. The Hall–Kier alpha value is -2.18. The van der Waals surface area contributed by atoms with Gasteiger partial charge in [-0.1, -0.05) is 11.6 Å². The van der Waals surface area contributed by atoms with E-state index in [1.54, 1.807) is 24.3 Å². The third kappa shape index (κ3) is 3.29. The fraction of sp³-hybridized carbons (Fsp3) is 0.0714. The Morgan fingerprint density at radius 2 is 1.90 bits per heavy atom. The molecule has 0 aliphatic carbocycles. The summed E-state index contributed by atoms with van der Waals surface area (Å²) >= 11 is 6.90. The zero-order chi connectivity index (χ0) is 15.6. The van der Waals surface area contributed by atoms with E-state index in [4.69, 9.17) is 22.7 Å². The predicted octanol–water partition coefficient (Wildman–Crippen LogP) is 3.19. The van der Waals surface area contributed by atoms with Crippen molar-refractivity contribution in [2.75, 3.05) is 11.1 Å². The van der Waals surface area contributed by atoms with Crippen LogP contribution in [0, 0.1) is 5.41 Å². The molecule has 0 atom stereocenters. The van der Waals surface area contributed by atoms with Gasteiger partial charge in [0, 0.05) is 28.6 Å². The van der Waals surface area contributed by atoms with Gasteiger partial charge in [0.05, 0.1) is 10.6 Å². The summed E-state index contributed by atoms with van der Waals surface area (Å²) < 4.78 is 0. The third-order valence-electron chi connectivity index (χ3n) is 2.77. The molecule has 7 heteroatoms. The van der Waals surface area contributed by atoms with Gasteiger partial charge < -0.3 is 11.1 Å². The number of nitrogens with one attached hydrogen (secondary N) is 2. The van der Waals surface area contributed by atoms with Crippen LogP contribution >= 0.6 is 22.9 Å². The number of amides is 1. The number of carbonyl (C=O) groups excluding carboxylic acids is 2. The molecule has 108 valence electrons. The van der Waals surface area contributed by atoms with Crippen LogP contribution in [0.5, 0.6) is 0 Å². The van der Waals surface area contributed by atoms with Crippen molar-refractivity contribution in [2.45, 2.75) is 6.92 Å². The number of nitrogen functional groups attached to an aromatic ring is 1. The molecule has 1 heterocycles. The number of hydrogen-bond donors (Lipinski definition) is 3. The molecule has 0 radical (unpaired) electrons. The smallest absolute Gasteiger partial charge is 0.259 e. The molecule has 0 spiro atoms. The van der Waals surface area contributed by atoms with Gasteiger partial charge in [0.2, 0.25) is 0 Å². The molecule has 0 saturated heterocycles. The topological polar surface area (TPSA) is 96.0 Å². The van der Waals surface area contributed by atoms with Crippen molar-refractivity contribution < 1.29 is 9.59 Å². The highest BCUT2D eigenvalue weighted by Crippen LogP contribution is 2.27. The van der Waals surface area contributed by atoms with E-state index in [-0.39, 0.29) is 21.8 Å². The first-order chi connectivity index (χ1) is 9.90. The molecule has 2 rings (SSSR count). The Morgan fingerprint density at radius 1 is 1.29 bits per heavy atom. The summed E-state index contributed by atoms with van der Waals surface area (Å²) in [6.07, 6.45) is 0. The number of hydrogen-bond acceptors (Lipinski definition) is 5. The number of anilines is 2. The third-order valence-corrected chi connectivity index (χ3v) is 3.83. The molecule has 4 N–H and O–H groups in total. The second-order valence-electron chi connectivity index (χ2n) is 4.28. The van der Waals surface area contributed by atoms with Gasteiger partial charge in [-0.3, -0.25) is 15.0 Å². The van der Waals surface area contributed by atoms with E-state index in [1.165, 1.54) is 12.3 Å². The van der Waals surface area contributed by atoms with Crippen molar-refractivity contribution in [3.8, 4) is 0 Å². The van der Waals surface area contributed by atoms with Crippen LogP contribution in [0.25, 0.3) is 0 Å². The molecule has 21 heavy (non-hydrogen) atoms. The second kappa shape index (κ2) is 6.07. The summed E-state index contributed by atoms with van der Waals surface area (Å²) in [6.45, 7) is 1.27. The first kappa shape index (κ1) is 15.2. The van der Waals surface area contributed by atoms with Crippen LogP contribution in [0.15, 0.2) is 29.6 Å². The van der Waals surface area contributed by atoms with E-state index in [2.05, 4.69) is 5.32 Å². The van der Waals surface area contributed by atoms with Crippen molar-refractivity contribution in [1.82, 2.24) is 0 Å². The SMILES string of the molecule is CC(=O)C(=N)c1csc(N)c1C(=O)Nc1ccc(Cl)cc1. The quantitative estimate of drug-likeness (QED) is 0.754. The lowest BCUT2D eigenvalue weighted by atomic mass is 10.0. The Labute approximate surface area is 130 Å². The van der Waals surface area contributed by atoms with Gasteiger partial charge in [-0.15, -0.1) is 11.3 Å². The highest BCUT2D eigenvalue weighted by molar-refractivity contribution is 7.14. The molecule has 0 aliphatic heterocycles. The van der Waals surface area contributed by atoms with E-state index < -0.39 is 11.7 Å². The van der Waals surface area contributed by atoms with E-state index in [9.17, 15) is 9.59 Å². The highest BCUT2D eigenvalue weighted by Gasteiger charge is 2.22. The highest BCUT2D eigenvalue weighted by atomic mass is 35.5. The van der Waals surface area contributed by atoms with Gasteiger partial charge >= 0.3 is 0 Å². The van der Waals surface area contributed by atoms with Gasteiger partial charge in [0.1, 0.15) is 5.71 Å². The van der Waals surface area contributed by atoms with E-state index in [0.717, 1.165) is 11.3 Å². The van der Waals surface area contributed by atoms with Crippen molar-refractivity contribution in [3.63, 3.8) is 0 Å². The minimum Gasteiger partial charge on any atom is -0.390 e. The minimum atomic E-state index is -0.461. The standard InChI is InChI=1S/C14H12ClN3O2S/c1-7(19)12(16)10-6-21-13(17)11(10)14(20)18-9-4-2-8(15)3-5-9/h2-6,16H,17H2,1H3,(H,18,20). The van der Waals surface area contributed by atoms with E-state index in [0.29, 0.717) is 10.7 Å². The Kier molecular flexibility index (Phi) is 4.40. The van der Waals surface area contributed by atoms with Gasteiger partial charge in [-0.05, 0) is 24.3 Å². The number of nitrogens with two attached hydrogens (primary N) is 1. The maximum absolute atomic E-state index is 12.3. The van der Waals surface area contributed by atoms with Crippen LogP contribution < -0.4 is 11.1 Å². The lowest BCUT2D eigenvalue weighted by molar-refractivity contribution is -0.111. The van der Waals surface area contributed by atoms with Gasteiger partial charge in [-0.25, -0.2) is 0 Å². The lowest BCUT2D eigenvalue weighted by Gasteiger charge is -2.07. The average Bonchev–Trinajstić information content (AvgIpc) is 2.82. The molecular formula is C14H12ClN3O2S. The van der Waals surface area contributed by atoms with E-state index in [1.807, 2.05) is 0 Å². The fourth-order valence-electron chi connectivity index (χ4n) is 1.71. The molecule has 1 aromatic heterocycles. The van der Waals surface area contributed by atoms with Crippen molar-refractivity contribution in [1.29, 1.82) is 5.41 Å². The molecule has 0 bridgehead atoms. The Bertz CT molecular complexity index is 722. The summed E-state index contributed by atoms with van der Waals surface area (Å²) in [5, 5.41) is 12.8. The van der Waals surface area contributed by atoms with Crippen LogP contribution in [0.2, 0.25) is 5.02 Å². The van der Waals surface area contributed by atoms with Gasteiger partial charge in [-0.2, -0.15) is 0 Å². The monoisotopic (exact) mass is 321 g/mol. The fourth-order valence-corrected chi connectivity index (χ4v) is 2.63. The minimum absolute atomic E-state index is 0.148. The Balaban J connectivity index is 2.31. The summed E-state index contributed by atoms with van der Waals surface area (Å²) in [6, 6.07) is 6.59. The second-order valence-corrected chi connectivity index (χ2v) is 5.63. The molecule has 0 unspecified atom stereocenters. The summed E-state index contributed by atoms with van der Waals surface area (Å²) in [5.74, 6) is -0.884. The van der Waals surface area contributed by atoms with Crippen molar-refractivity contribution in [3.05, 3.63) is 45.8 Å². The van der Waals surface area contributed by atoms with Crippen molar-refractivity contribution >= 4 is 51.0 Å². The maximum atomic E-state index is 12.3. The molecular weight excluding hydrogens is 310 g/mol. The van der Waals surface area contributed by atoms with Crippen LogP contribution in [0.4, 0.5) is 10.7 Å². The normalized spacial score (nSPS) is 10.2. The maximum Gasteiger partial charge on any atom is 0.259 e. The number of rotatable bonds is 4. The number of carbonyl (C=O) groups is 2. The lowest BCUT2D eigenvalue weighted by Crippen LogP contribution is -2.19. The largest absolute Gasteiger partial charge is 0.390 e. The number of halogens is 1. The first-order valence-electron chi connectivity index (χ1n) is 5.94. The zero-order valence-electron chi connectivity index (χ0n) is 11.1. The average molecular weight is 322 g/mol. The molecule has 1 amide bonds. The predicted molar refractivity (Wildman–Crippen MR) is 85.6 cm³/mol. The summed E-state index contributed by atoms with van der Waals surface area (Å²) in [4.78, 5) is 23.6. The van der Waals surface area contributed by atoms with Crippen LogP contribution in [0.3, 0.4) is 0 Å². The van der Waals surface area contributed by atoms with Crippen LogP contribution in [0.1, 0.15) is 22.8 Å². The molecule has 1 aromatic carbocycles. The number of Topliss-reactive ketones (excluding diaryl/α,β-unsaturated/α-hetero) is 1. The van der Waals surface area contributed by atoms with Crippen molar-refractivity contribution in [2.24, 2.45) is 0 Å². The molecule has 0 aliphatic rings. The number of thiophene rings is 1. The van der Waals surface area contributed by atoms with Gasteiger partial charge in [0.25, 0.3) is 5.91 Å². The van der Waals surface area contributed by atoms with Crippen LogP contribution in [-0.2, 0) is 4.79 Å². The first-order valence-corrected chi connectivity index (χ1v) is 7.19. The Morgan fingerprint density at radius 3 is 2.48 bits per heavy atom. The summed E-state index contributed by atoms with van der Waals surface area (Å²) in [5.41, 5.74) is 6.50.